The van der Waals surface area contributed by atoms with Crippen LogP contribution in [-0.4, -0.2) is 175 Å². The summed E-state index contributed by atoms with van der Waals surface area (Å²) in [6.45, 7) is 12.0. The molecule has 5 aliphatic heterocycles. The Labute approximate surface area is 363 Å². The van der Waals surface area contributed by atoms with Crippen LogP contribution in [0.3, 0.4) is 0 Å². The second-order valence-corrected chi connectivity index (χ2v) is 21.2. The van der Waals surface area contributed by atoms with Crippen molar-refractivity contribution in [1.82, 2.24) is 0 Å². The molecule has 0 aromatic heterocycles. The maximum Gasteiger partial charge on any atom is 0.187 e. The van der Waals surface area contributed by atoms with E-state index in [1.54, 1.807) is 0 Å². The minimum absolute atomic E-state index is 0.0647. The molecular weight excluding hydrogens is 812 g/mol. The van der Waals surface area contributed by atoms with E-state index in [1.807, 2.05) is 6.92 Å². The van der Waals surface area contributed by atoms with Gasteiger partial charge in [0.05, 0.1) is 43.7 Å². The molecule has 17 nitrogen and oxygen atoms in total. The molecular formula is C45H72O17. The van der Waals surface area contributed by atoms with Gasteiger partial charge in [-0.15, -0.1) is 0 Å². The predicted molar refractivity (Wildman–Crippen MR) is 214 cm³/mol. The third-order valence-electron chi connectivity index (χ3n) is 17.8. The van der Waals surface area contributed by atoms with E-state index in [4.69, 9.17) is 37.9 Å². The van der Waals surface area contributed by atoms with Gasteiger partial charge in [-0.1, -0.05) is 39.3 Å². The monoisotopic (exact) mass is 884 g/mol. The van der Waals surface area contributed by atoms with Crippen LogP contribution < -0.4 is 0 Å². The second-order valence-electron chi connectivity index (χ2n) is 21.2. The maximum absolute atomic E-state index is 11.6. The third kappa shape index (κ3) is 7.40. The summed E-state index contributed by atoms with van der Waals surface area (Å²) in [6.07, 6.45) is -13.4. The summed E-state index contributed by atoms with van der Waals surface area (Å²) in [4.78, 5) is 0. The molecule has 17 heteroatoms. The van der Waals surface area contributed by atoms with Crippen molar-refractivity contribution >= 4 is 0 Å². The van der Waals surface area contributed by atoms with E-state index >= 15 is 0 Å². The van der Waals surface area contributed by atoms with Crippen LogP contribution in [0.2, 0.25) is 0 Å². The van der Waals surface area contributed by atoms with E-state index in [1.165, 1.54) is 19.4 Å². The second kappa shape index (κ2) is 17.0. The molecule has 8 fully saturated rings. The smallest absolute Gasteiger partial charge is 0.187 e. The lowest BCUT2D eigenvalue weighted by Gasteiger charge is -2.59. The minimum Gasteiger partial charge on any atom is -0.394 e. The average molecular weight is 885 g/mol. The predicted octanol–water partition coefficient (Wildman–Crippen LogP) is 0.213. The number of aliphatic hydroxyl groups is 9. The SMILES string of the molecule is CC1CO[C@]2(CC1O)O[C@H]1C[C@H]3[C@@H]4CC=C5C[C@@H](O[C@@H]6O[C@H](CO)[C@@H](O)[C@@H](O[C@@H]7O[C@H](C)[C@H](O)[C@@H](O)[C@H]7O)[C@H]6O[C@@H]6O[C@H](C)[C@H](O)[C@@H](O)[C@H]6O)CC[C@]5(C)[C@H]4CC[C@]3(C)[C@H]1[C@@H]2C. The Morgan fingerprint density at radius 1 is 0.710 bits per heavy atom. The number of rotatable bonds is 7. The highest BCUT2D eigenvalue weighted by Gasteiger charge is 2.69. The van der Waals surface area contributed by atoms with Gasteiger partial charge in [-0.25, -0.2) is 0 Å². The van der Waals surface area contributed by atoms with Crippen molar-refractivity contribution < 1.29 is 83.9 Å². The van der Waals surface area contributed by atoms with E-state index < -0.39 is 117 Å². The molecule has 5 saturated heterocycles. The summed E-state index contributed by atoms with van der Waals surface area (Å²) in [5.74, 6) is 1.38. The molecule has 0 amide bonds. The quantitative estimate of drug-likeness (QED) is 0.155. The standard InChI is InChI=1S/C45H72O17/c1-18-17-55-45(15-27(18)47)19(2)30-28(62-45)14-26-24-8-7-22-13-23(9-11-43(22,5)25(24)10-12-44(26,30)6)58-42-39(61-41-37(54)35(52)32(49)21(4)57-41)38(33(50)29(16-46)59-42)60-40-36(53)34(51)31(48)20(3)56-40/h7,18-21,23-42,46-54H,8-17H2,1-6H3/t18?,19-,20+,21+,23-,24+,25-,26-,27?,28-,29+,30-,31-,32-,33+,34+,35+,36+,37+,38+,39+,40-,41-,42+,43-,44-,45+/m0/s1. The van der Waals surface area contributed by atoms with E-state index in [0.717, 1.165) is 32.1 Å². The zero-order chi connectivity index (χ0) is 44.4. The van der Waals surface area contributed by atoms with E-state index in [0.29, 0.717) is 49.5 Å². The Bertz CT molecular complexity index is 1640. The Morgan fingerprint density at radius 3 is 1.98 bits per heavy atom. The number of ether oxygens (including phenoxy) is 8. The molecule has 354 valence electrons. The molecule has 1 spiro atoms. The van der Waals surface area contributed by atoms with Crippen LogP contribution in [-0.2, 0) is 37.9 Å². The molecule has 62 heavy (non-hydrogen) atoms. The zero-order valence-corrected chi connectivity index (χ0v) is 36.8. The number of allylic oxidation sites excluding steroid dienone is 1. The Hall–Kier alpha value is -0.940. The van der Waals surface area contributed by atoms with Crippen molar-refractivity contribution in [2.24, 2.45) is 46.3 Å². The van der Waals surface area contributed by atoms with Crippen molar-refractivity contribution in [3.05, 3.63) is 11.6 Å². The first-order chi connectivity index (χ1) is 29.3. The lowest BCUT2D eigenvalue weighted by molar-refractivity contribution is -0.393. The molecule has 9 rings (SSSR count). The van der Waals surface area contributed by atoms with Crippen LogP contribution in [0.25, 0.3) is 0 Å². The van der Waals surface area contributed by atoms with E-state index in [9.17, 15) is 46.0 Å². The van der Waals surface area contributed by atoms with Crippen molar-refractivity contribution in [3.63, 3.8) is 0 Å². The number of fused-ring (bicyclic) bond motifs is 7. The highest BCUT2D eigenvalue weighted by atomic mass is 16.8. The van der Waals surface area contributed by atoms with Gasteiger partial charge in [0.2, 0.25) is 0 Å². The first-order valence-corrected chi connectivity index (χ1v) is 23.3. The fourth-order valence-corrected chi connectivity index (χ4v) is 14.0. The molecule has 5 heterocycles. The molecule has 2 unspecified atom stereocenters. The van der Waals surface area contributed by atoms with Gasteiger partial charge in [0.15, 0.2) is 24.7 Å². The fraction of sp³-hybridized carbons (Fsp3) is 0.956. The first-order valence-electron chi connectivity index (χ1n) is 23.3. The molecule has 27 atom stereocenters. The summed E-state index contributed by atoms with van der Waals surface area (Å²) in [5, 5.41) is 96.7. The van der Waals surface area contributed by atoms with Gasteiger partial charge in [0, 0.05) is 18.3 Å². The summed E-state index contributed by atoms with van der Waals surface area (Å²) in [5.41, 5.74) is 1.35. The van der Waals surface area contributed by atoms with Gasteiger partial charge < -0.3 is 83.9 Å². The highest BCUT2D eigenvalue weighted by molar-refractivity contribution is 5.26. The third-order valence-corrected chi connectivity index (χ3v) is 17.8. The first kappa shape index (κ1) is 46.2. The molecule has 3 saturated carbocycles. The Kier molecular flexibility index (Phi) is 12.7. The largest absolute Gasteiger partial charge is 0.394 e. The van der Waals surface area contributed by atoms with Crippen molar-refractivity contribution in [2.75, 3.05) is 13.2 Å². The van der Waals surface area contributed by atoms with Gasteiger partial charge in [0.25, 0.3) is 0 Å². The van der Waals surface area contributed by atoms with Crippen LogP contribution in [0.15, 0.2) is 11.6 Å². The van der Waals surface area contributed by atoms with Crippen LogP contribution in [0.5, 0.6) is 0 Å². The molecule has 0 aromatic carbocycles. The molecule has 9 N–H and O–H groups in total. The summed E-state index contributed by atoms with van der Waals surface area (Å²) in [6, 6.07) is 0. The topological polar surface area (TPSA) is 256 Å². The van der Waals surface area contributed by atoms with Crippen LogP contribution in [0.1, 0.15) is 92.9 Å². The summed E-state index contributed by atoms with van der Waals surface area (Å²) < 4.78 is 50.3. The summed E-state index contributed by atoms with van der Waals surface area (Å²) >= 11 is 0. The molecule has 0 radical (unpaired) electrons. The zero-order valence-electron chi connectivity index (χ0n) is 36.8. The van der Waals surface area contributed by atoms with E-state index in [-0.39, 0.29) is 28.8 Å². The van der Waals surface area contributed by atoms with Crippen molar-refractivity contribution in [3.8, 4) is 0 Å². The molecule has 0 aromatic rings. The number of hydrogen-bond donors (Lipinski definition) is 9. The van der Waals surface area contributed by atoms with Gasteiger partial charge >= 0.3 is 0 Å². The van der Waals surface area contributed by atoms with Crippen LogP contribution in [0, 0.1) is 46.3 Å². The highest BCUT2D eigenvalue weighted by Crippen LogP contribution is 2.70. The van der Waals surface area contributed by atoms with Gasteiger partial charge in [-0.2, -0.15) is 0 Å². The van der Waals surface area contributed by atoms with Crippen molar-refractivity contribution in [1.29, 1.82) is 0 Å². The van der Waals surface area contributed by atoms with Crippen LogP contribution in [0.4, 0.5) is 0 Å². The Morgan fingerprint density at radius 2 is 1.35 bits per heavy atom. The minimum atomic E-state index is -1.74. The normalized spacial score (nSPS) is 58.9. The van der Waals surface area contributed by atoms with Gasteiger partial charge in [-0.3, -0.25) is 0 Å². The lowest BCUT2D eigenvalue weighted by atomic mass is 9.47. The van der Waals surface area contributed by atoms with Gasteiger partial charge in [0.1, 0.15) is 61.0 Å². The molecule has 9 aliphatic rings. The average Bonchev–Trinajstić information content (AvgIpc) is 3.69. The summed E-state index contributed by atoms with van der Waals surface area (Å²) in [7, 11) is 0. The molecule has 0 bridgehead atoms. The fourth-order valence-electron chi connectivity index (χ4n) is 14.0. The van der Waals surface area contributed by atoms with E-state index in [2.05, 4.69) is 26.8 Å². The Balaban J connectivity index is 0.936. The van der Waals surface area contributed by atoms with Gasteiger partial charge in [-0.05, 0) is 93.3 Å². The lowest BCUT2D eigenvalue weighted by Crippen LogP contribution is -2.67. The van der Waals surface area contributed by atoms with Crippen molar-refractivity contribution in [2.45, 2.75) is 209 Å². The maximum atomic E-state index is 11.6. The molecule has 4 aliphatic carbocycles. The number of hydrogen-bond acceptors (Lipinski definition) is 17. The number of aliphatic hydroxyl groups excluding tert-OH is 9. The van der Waals surface area contributed by atoms with Crippen LogP contribution >= 0.6 is 0 Å².